The number of hydrogen-bond donors (Lipinski definition) is 1. The summed E-state index contributed by atoms with van der Waals surface area (Å²) in [7, 11) is -0.658. The fraction of sp³-hybridized carbons (Fsp3) is 0.533. The van der Waals surface area contributed by atoms with E-state index in [1.807, 2.05) is 18.2 Å². The molecule has 0 unspecified atom stereocenters. The summed E-state index contributed by atoms with van der Waals surface area (Å²) in [5.41, 5.74) is 2.18. The van der Waals surface area contributed by atoms with Crippen LogP contribution in [0.15, 0.2) is 24.4 Å². The zero-order valence-corrected chi connectivity index (χ0v) is 13.2. The van der Waals surface area contributed by atoms with Gasteiger partial charge in [-0.05, 0) is 25.1 Å². The van der Waals surface area contributed by atoms with Gasteiger partial charge in [0.15, 0.2) is 5.82 Å². The lowest BCUT2D eigenvalue weighted by Gasteiger charge is -2.27. The summed E-state index contributed by atoms with van der Waals surface area (Å²) in [5, 5.41) is 3.47. The van der Waals surface area contributed by atoms with Gasteiger partial charge in [0, 0.05) is 48.1 Å². The molecule has 3 heterocycles. The third-order valence-corrected chi connectivity index (χ3v) is 5.08. The van der Waals surface area contributed by atoms with Crippen LogP contribution in [0.5, 0.6) is 0 Å². The molecule has 0 spiro atoms. The number of hydrogen-bond acceptors (Lipinski definition) is 4. The predicted molar refractivity (Wildman–Crippen MR) is 87.3 cm³/mol. The van der Waals surface area contributed by atoms with Gasteiger partial charge in [-0.2, -0.15) is 0 Å². The summed E-state index contributed by atoms with van der Waals surface area (Å²) in [4.78, 5) is 7.07. The maximum atomic E-state index is 11.6. The Balaban J connectivity index is 1.92. The third-order valence-electron chi connectivity index (χ3n) is 3.80. The van der Waals surface area contributed by atoms with Gasteiger partial charge in [-0.3, -0.25) is 4.21 Å². The first-order valence-electron chi connectivity index (χ1n) is 7.56. The highest BCUT2D eigenvalue weighted by atomic mass is 32.2. The lowest BCUT2D eigenvalue weighted by atomic mass is 10.3. The van der Waals surface area contributed by atoms with Crippen LogP contribution < -0.4 is 10.2 Å². The number of fused-ring (bicyclic) bond motifs is 1. The minimum absolute atomic E-state index is 0.658. The molecule has 3 rings (SSSR count). The van der Waals surface area contributed by atoms with Crippen LogP contribution in [0.25, 0.3) is 5.65 Å². The third kappa shape index (κ3) is 3.11. The van der Waals surface area contributed by atoms with E-state index < -0.39 is 10.8 Å². The Morgan fingerprint density at radius 3 is 2.90 bits per heavy atom. The highest BCUT2D eigenvalue weighted by Gasteiger charge is 2.21. The molecule has 0 amide bonds. The average Bonchev–Trinajstić information content (AvgIpc) is 2.87. The Kier molecular flexibility index (Phi) is 4.55. The molecule has 0 saturated carbocycles. The molecule has 0 radical (unpaired) electrons. The first-order chi connectivity index (χ1) is 10.3. The van der Waals surface area contributed by atoms with Gasteiger partial charge >= 0.3 is 0 Å². The molecule has 1 saturated heterocycles. The van der Waals surface area contributed by atoms with E-state index in [0.717, 1.165) is 55.6 Å². The second-order valence-corrected chi connectivity index (χ2v) is 7.02. The van der Waals surface area contributed by atoms with E-state index in [2.05, 4.69) is 27.7 Å². The fourth-order valence-electron chi connectivity index (χ4n) is 2.68. The SMILES string of the molecule is CCCNCc1c(N2CCS(=O)CC2)nc2ccccn12. The van der Waals surface area contributed by atoms with Crippen LogP contribution in [0.4, 0.5) is 5.82 Å². The molecule has 1 aliphatic heterocycles. The second kappa shape index (κ2) is 6.58. The largest absolute Gasteiger partial charge is 0.353 e. The van der Waals surface area contributed by atoms with Crippen molar-refractivity contribution in [1.82, 2.24) is 14.7 Å². The standard InChI is InChI=1S/C15H22N4OS/c1-2-6-16-12-13-15(18-8-10-21(20)11-9-18)17-14-5-3-4-7-19(13)14/h3-5,7,16H,2,6,8-12H2,1H3. The second-order valence-electron chi connectivity index (χ2n) is 5.32. The number of nitrogens with zero attached hydrogens (tertiary/aromatic N) is 3. The first kappa shape index (κ1) is 14.5. The van der Waals surface area contributed by atoms with Gasteiger partial charge < -0.3 is 14.6 Å². The molecular weight excluding hydrogens is 284 g/mol. The van der Waals surface area contributed by atoms with Gasteiger partial charge in [0.05, 0.1) is 5.69 Å². The zero-order valence-electron chi connectivity index (χ0n) is 12.4. The molecule has 5 nitrogen and oxygen atoms in total. The van der Waals surface area contributed by atoms with Crippen LogP contribution in [-0.4, -0.2) is 44.7 Å². The van der Waals surface area contributed by atoms with Crippen molar-refractivity contribution in [1.29, 1.82) is 0 Å². The van der Waals surface area contributed by atoms with E-state index >= 15 is 0 Å². The van der Waals surface area contributed by atoms with Crippen molar-refractivity contribution in [2.45, 2.75) is 19.9 Å². The summed E-state index contributed by atoms with van der Waals surface area (Å²) in [6, 6.07) is 6.09. The van der Waals surface area contributed by atoms with Crippen LogP contribution in [0.1, 0.15) is 19.0 Å². The van der Waals surface area contributed by atoms with Gasteiger partial charge in [0.2, 0.25) is 0 Å². The molecule has 114 valence electrons. The molecule has 2 aromatic heterocycles. The Morgan fingerprint density at radius 2 is 2.14 bits per heavy atom. The molecule has 0 atom stereocenters. The molecule has 1 aliphatic rings. The number of rotatable bonds is 5. The summed E-state index contributed by atoms with van der Waals surface area (Å²) >= 11 is 0. The van der Waals surface area contributed by atoms with Crippen LogP contribution in [-0.2, 0) is 17.3 Å². The summed E-state index contributed by atoms with van der Waals surface area (Å²) in [5.74, 6) is 2.53. The van der Waals surface area contributed by atoms with E-state index in [1.165, 1.54) is 5.69 Å². The molecule has 1 N–H and O–H groups in total. The van der Waals surface area contributed by atoms with E-state index in [0.29, 0.717) is 0 Å². The number of pyridine rings is 1. The lowest BCUT2D eigenvalue weighted by Crippen LogP contribution is -2.38. The van der Waals surface area contributed by atoms with Crippen molar-refractivity contribution >= 4 is 22.3 Å². The van der Waals surface area contributed by atoms with E-state index in [9.17, 15) is 4.21 Å². The van der Waals surface area contributed by atoms with Crippen molar-refractivity contribution in [3.63, 3.8) is 0 Å². The Labute approximate surface area is 127 Å². The highest BCUT2D eigenvalue weighted by molar-refractivity contribution is 7.85. The van der Waals surface area contributed by atoms with Crippen molar-refractivity contribution in [3.8, 4) is 0 Å². The first-order valence-corrected chi connectivity index (χ1v) is 9.05. The van der Waals surface area contributed by atoms with E-state index in [4.69, 9.17) is 4.98 Å². The quantitative estimate of drug-likeness (QED) is 0.849. The van der Waals surface area contributed by atoms with Crippen molar-refractivity contribution < 1.29 is 4.21 Å². The van der Waals surface area contributed by atoms with Crippen molar-refractivity contribution in [2.24, 2.45) is 0 Å². The van der Waals surface area contributed by atoms with Crippen molar-refractivity contribution in [3.05, 3.63) is 30.1 Å². The van der Waals surface area contributed by atoms with Crippen LogP contribution in [0.3, 0.4) is 0 Å². The number of imidazole rings is 1. The molecule has 2 aromatic rings. The van der Waals surface area contributed by atoms with Crippen LogP contribution in [0.2, 0.25) is 0 Å². The Morgan fingerprint density at radius 1 is 1.33 bits per heavy atom. The number of anilines is 1. The monoisotopic (exact) mass is 306 g/mol. The van der Waals surface area contributed by atoms with Gasteiger partial charge in [0.25, 0.3) is 0 Å². The minimum atomic E-state index is -0.658. The molecule has 21 heavy (non-hydrogen) atoms. The minimum Gasteiger partial charge on any atom is -0.353 e. The maximum absolute atomic E-state index is 11.6. The van der Waals surface area contributed by atoms with E-state index in [-0.39, 0.29) is 0 Å². The molecule has 1 fully saturated rings. The number of aromatic nitrogens is 2. The smallest absolute Gasteiger partial charge is 0.152 e. The van der Waals surface area contributed by atoms with Gasteiger partial charge in [-0.25, -0.2) is 4.98 Å². The van der Waals surface area contributed by atoms with Gasteiger partial charge in [0.1, 0.15) is 5.65 Å². The maximum Gasteiger partial charge on any atom is 0.152 e. The lowest BCUT2D eigenvalue weighted by molar-refractivity contribution is 0.654. The summed E-state index contributed by atoms with van der Waals surface area (Å²) < 4.78 is 13.7. The van der Waals surface area contributed by atoms with Crippen molar-refractivity contribution in [2.75, 3.05) is 36.0 Å². The molecule has 0 bridgehead atoms. The molecule has 6 heteroatoms. The average molecular weight is 306 g/mol. The Hall–Kier alpha value is -1.40. The molecule has 0 aliphatic carbocycles. The zero-order chi connectivity index (χ0) is 14.7. The normalized spacial score (nSPS) is 16.7. The van der Waals surface area contributed by atoms with Gasteiger partial charge in [-0.15, -0.1) is 0 Å². The molecule has 0 aromatic carbocycles. The van der Waals surface area contributed by atoms with Gasteiger partial charge in [-0.1, -0.05) is 13.0 Å². The summed E-state index contributed by atoms with van der Waals surface area (Å²) in [6.07, 6.45) is 3.19. The van der Waals surface area contributed by atoms with Crippen LogP contribution >= 0.6 is 0 Å². The molecular formula is C15H22N4OS. The predicted octanol–water partition coefficient (Wildman–Crippen LogP) is 1.40. The Bertz CT molecular complexity index is 630. The van der Waals surface area contributed by atoms with Crippen LogP contribution in [0, 0.1) is 0 Å². The highest BCUT2D eigenvalue weighted by Crippen LogP contribution is 2.23. The van der Waals surface area contributed by atoms with E-state index in [1.54, 1.807) is 0 Å². The summed E-state index contributed by atoms with van der Waals surface area (Å²) in [6.45, 7) is 5.65. The fourth-order valence-corrected chi connectivity index (χ4v) is 3.74. The number of nitrogens with one attached hydrogen (secondary N) is 1. The topological polar surface area (TPSA) is 49.6 Å².